The molecule has 1 aliphatic rings. The molecule has 1 nitrogen and oxygen atoms in total. The molecule has 0 aromatic carbocycles. The Morgan fingerprint density at radius 2 is 2.00 bits per heavy atom. The van der Waals surface area contributed by atoms with Crippen molar-refractivity contribution in [1.82, 2.24) is 4.90 Å². The van der Waals surface area contributed by atoms with E-state index in [1.165, 1.54) is 38.8 Å². The molecule has 0 heterocycles. The first-order chi connectivity index (χ1) is 6.59. The summed E-state index contributed by atoms with van der Waals surface area (Å²) in [4.78, 5) is 2.70. The SMILES string of the molecule is CCCCN(CC(C)(C)CBr)C1CC1. The van der Waals surface area contributed by atoms with E-state index in [0.717, 1.165) is 11.4 Å². The molecule has 0 unspecified atom stereocenters. The molecule has 2 heteroatoms. The molecule has 0 radical (unpaired) electrons. The summed E-state index contributed by atoms with van der Waals surface area (Å²) in [6.45, 7) is 9.54. The van der Waals surface area contributed by atoms with E-state index in [0.29, 0.717) is 5.41 Å². The Morgan fingerprint density at radius 1 is 1.36 bits per heavy atom. The van der Waals surface area contributed by atoms with E-state index in [1.54, 1.807) is 0 Å². The van der Waals surface area contributed by atoms with Crippen LogP contribution in [0.3, 0.4) is 0 Å². The van der Waals surface area contributed by atoms with Crippen molar-refractivity contribution in [2.75, 3.05) is 18.4 Å². The van der Waals surface area contributed by atoms with E-state index in [4.69, 9.17) is 0 Å². The highest BCUT2D eigenvalue weighted by Crippen LogP contribution is 2.31. The summed E-state index contributed by atoms with van der Waals surface area (Å²) in [6.07, 6.45) is 5.54. The predicted octanol–water partition coefficient (Wildman–Crippen LogP) is 3.67. The molecule has 14 heavy (non-hydrogen) atoms. The second-order valence-electron chi connectivity index (χ2n) is 5.35. The molecule has 84 valence electrons. The van der Waals surface area contributed by atoms with Gasteiger partial charge in [0.15, 0.2) is 0 Å². The highest BCUT2D eigenvalue weighted by Gasteiger charge is 2.31. The molecular formula is C12H24BrN. The molecule has 0 spiro atoms. The van der Waals surface area contributed by atoms with E-state index in [9.17, 15) is 0 Å². The smallest absolute Gasteiger partial charge is 0.00966 e. The van der Waals surface area contributed by atoms with E-state index in [2.05, 4.69) is 41.6 Å². The third-order valence-electron chi connectivity index (χ3n) is 2.86. The lowest BCUT2D eigenvalue weighted by Crippen LogP contribution is -2.37. The van der Waals surface area contributed by atoms with Gasteiger partial charge >= 0.3 is 0 Å². The Balaban J connectivity index is 2.34. The molecule has 0 aromatic heterocycles. The van der Waals surface area contributed by atoms with Gasteiger partial charge < -0.3 is 0 Å². The number of alkyl halides is 1. The first-order valence-corrected chi connectivity index (χ1v) is 7.01. The molecule has 0 saturated heterocycles. The Morgan fingerprint density at radius 3 is 2.43 bits per heavy atom. The fourth-order valence-corrected chi connectivity index (χ4v) is 1.96. The van der Waals surface area contributed by atoms with Crippen molar-refractivity contribution in [3.05, 3.63) is 0 Å². The molecule has 0 N–H and O–H groups in total. The largest absolute Gasteiger partial charge is 0.300 e. The summed E-state index contributed by atoms with van der Waals surface area (Å²) in [5.41, 5.74) is 0.427. The van der Waals surface area contributed by atoms with Crippen LogP contribution in [0.4, 0.5) is 0 Å². The van der Waals surface area contributed by atoms with Gasteiger partial charge in [0.2, 0.25) is 0 Å². The van der Waals surface area contributed by atoms with Crippen LogP contribution in [0.2, 0.25) is 0 Å². The molecule has 0 amide bonds. The summed E-state index contributed by atoms with van der Waals surface area (Å²) >= 11 is 3.61. The number of hydrogen-bond acceptors (Lipinski definition) is 1. The topological polar surface area (TPSA) is 3.24 Å². The van der Waals surface area contributed by atoms with Gasteiger partial charge in [0.25, 0.3) is 0 Å². The van der Waals surface area contributed by atoms with E-state index in [1.807, 2.05) is 0 Å². The Hall–Kier alpha value is 0.440. The quantitative estimate of drug-likeness (QED) is 0.633. The van der Waals surface area contributed by atoms with Crippen LogP contribution in [0.25, 0.3) is 0 Å². The van der Waals surface area contributed by atoms with Crippen molar-refractivity contribution in [1.29, 1.82) is 0 Å². The third kappa shape index (κ3) is 4.31. The summed E-state index contributed by atoms with van der Waals surface area (Å²) < 4.78 is 0. The van der Waals surface area contributed by atoms with Crippen LogP contribution in [0.1, 0.15) is 46.5 Å². The highest BCUT2D eigenvalue weighted by atomic mass is 79.9. The van der Waals surface area contributed by atoms with E-state index in [-0.39, 0.29) is 0 Å². The second-order valence-corrected chi connectivity index (χ2v) is 5.91. The van der Waals surface area contributed by atoms with Gasteiger partial charge in [-0.1, -0.05) is 43.1 Å². The van der Waals surface area contributed by atoms with Gasteiger partial charge in [0.05, 0.1) is 0 Å². The minimum atomic E-state index is 0.427. The van der Waals surface area contributed by atoms with Gasteiger partial charge in [-0.15, -0.1) is 0 Å². The van der Waals surface area contributed by atoms with Crippen LogP contribution in [0, 0.1) is 5.41 Å². The molecule has 0 atom stereocenters. The van der Waals surface area contributed by atoms with Crippen LogP contribution in [0.5, 0.6) is 0 Å². The molecule has 1 rings (SSSR count). The highest BCUT2D eigenvalue weighted by molar-refractivity contribution is 9.09. The summed E-state index contributed by atoms with van der Waals surface area (Å²) in [6, 6.07) is 0.917. The van der Waals surface area contributed by atoms with Gasteiger partial charge in [-0.25, -0.2) is 0 Å². The zero-order chi connectivity index (χ0) is 10.6. The molecule has 1 fully saturated rings. The normalized spacial score (nSPS) is 17.8. The lowest BCUT2D eigenvalue weighted by molar-refractivity contribution is 0.184. The van der Waals surface area contributed by atoms with Gasteiger partial charge in [0, 0.05) is 17.9 Å². The van der Waals surface area contributed by atoms with Gasteiger partial charge in [-0.05, 0) is 31.2 Å². The first kappa shape index (κ1) is 12.5. The molecule has 0 bridgehead atoms. The van der Waals surface area contributed by atoms with Crippen molar-refractivity contribution in [2.24, 2.45) is 5.41 Å². The van der Waals surface area contributed by atoms with Crippen molar-refractivity contribution in [3.8, 4) is 0 Å². The number of rotatable bonds is 7. The Labute approximate surface area is 97.4 Å². The van der Waals surface area contributed by atoms with Crippen molar-refractivity contribution < 1.29 is 0 Å². The monoisotopic (exact) mass is 261 g/mol. The van der Waals surface area contributed by atoms with Crippen LogP contribution >= 0.6 is 15.9 Å². The van der Waals surface area contributed by atoms with Crippen LogP contribution in [0.15, 0.2) is 0 Å². The summed E-state index contributed by atoms with van der Waals surface area (Å²) in [5, 5.41) is 1.11. The maximum atomic E-state index is 3.61. The lowest BCUT2D eigenvalue weighted by Gasteiger charge is -2.31. The maximum Gasteiger partial charge on any atom is 0.00966 e. The first-order valence-electron chi connectivity index (χ1n) is 5.89. The van der Waals surface area contributed by atoms with Crippen molar-refractivity contribution >= 4 is 15.9 Å². The van der Waals surface area contributed by atoms with Crippen molar-refractivity contribution in [2.45, 2.75) is 52.5 Å². The molecule has 1 aliphatic carbocycles. The van der Waals surface area contributed by atoms with Gasteiger partial charge in [-0.2, -0.15) is 0 Å². The summed E-state index contributed by atoms with van der Waals surface area (Å²) in [5.74, 6) is 0. The number of hydrogen-bond donors (Lipinski definition) is 0. The number of nitrogens with zero attached hydrogens (tertiary/aromatic N) is 1. The third-order valence-corrected chi connectivity index (χ3v) is 4.37. The number of unbranched alkanes of at least 4 members (excludes halogenated alkanes) is 1. The minimum absolute atomic E-state index is 0.427. The summed E-state index contributed by atoms with van der Waals surface area (Å²) in [7, 11) is 0. The van der Waals surface area contributed by atoms with Gasteiger partial charge in [0.1, 0.15) is 0 Å². The van der Waals surface area contributed by atoms with E-state index >= 15 is 0 Å². The fourth-order valence-electron chi connectivity index (χ4n) is 1.78. The van der Waals surface area contributed by atoms with Crippen molar-refractivity contribution in [3.63, 3.8) is 0 Å². The predicted molar refractivity (Wildman–Crippen MR) is 67.1 cm³/mol. The van der Waals surface area contributed by atoms with Crippen LogP contribution in [-0.2, 0) is 0 Å². The molecule has 1 saturated carbocycles. The Bertz CT molecular complexity index is 164. The van der Waals surface area contributed by atoms with Crippen LogP contribution < -0.4 is 0 Å². The zero-order valence-electron chi connectivity index (χ0n) is 9.85. The number of halogens is 1. The fraction of sp³-hybridized carbons (Fsp3) is 1.00. The standard InChI is InChI=1S/C12H24BrN/c1-4-5-8-14(11-6-7-11)10-12(2,3)9-13/h11H,4-10H2,1-3H3. The van der Waals surface area contributed by atoms with E-state index < -0.39 is 0 Å². The minimum Gasteiger partial charge on any atom is -0.300 e. The maximum absolute atomic E-state index is 3.61. The van der Waals surface area contributed by atoms with Crippen LogP contribution in [-0.4, -0.2) is 29.4 Å². The molecule has 0 aromatic rings. The Kier molecular flexibility index (Phi) is 4.92. The second kappa shape index (κ2) is 5.50. The average Bonchev–Trinajstić information content (AvgIpc) is 2.95. The lowest BCUT2D eigenvalue weighted by atomic mass is 9.95. The average molecular weight is 262 g/mol. The zero-order valence-corrected chi connectivity index (χ0v) is 11.4. The van der Waals surface area contributed by atoms with Gasteiger partial charge in [-0.3, -0.25) is 4.90 Å². The molecular weight excluding hydrogens is 238 g/mol. The molecule has 0 aliphatic heterocycles.